The minimum Gasteiger partial charge on any atom is -0.481 e. The smallest absolute Gasteiger partial charge is 0.307 e. The quantitative estimate of drug-likeness (QED) is 0.613. The molecule has 1 heterocycles. The number of amides is 2. The average molecular weight is 433 g/mol. The first-order chi connectivity index (χ1) is 13.9. The van der Waals surface area contributed by atoms with E-state index < -0.39 is 23.7 Å². The molecule has 0 aliphatic heterocycles. The number of thiophene rings is 1. The van der Waals surface area contributed by atoms with Gasteiger partial charge in [0.2, 0.25) is 5.91 Å². The first kappa shape index (κ1) is 22.5. The highest BCUT2D eigenvalue weighted by molar-refractivity contribution is 7.17. The fourth-order valence-electron chi connectivity index (χ4n) is 4.71. The molecule has 4 N–H and O–H groups in total. The lowest BCUT2D eigenvalue weighted by Crippen LogP contribution is -2.36. The summed E-state index contributed by atoms with van der Waals surface area (Å²) in [6.07, 6.45) is 3.40. The van der Waals surface area contributed by atoms with Gasteiger partial charge in [0.05, 0.1) is 17.4 Å². The van der Waals surface area contributed by atoms with Crippen LogP contribution < -0.4 is 11.1 Å². The van der Waals surface area contributed by atoms with Crippen molar-refractivity contribution in [2.75, 3.05) is 5.32 Å². The van der Waals surface area contributed by atoms with E-state index in [9.17, 15) is 19.5 Å². The van der Waals surface area contributed by atoms with E-state index in [1.54, 1.807) is 0 Å². The highest BCUT2D eigenvalue weighted by atomic mass is 32.1. The van der Waals surface area contributed by atoms with E-state index in [0.29, 0.717) is 29.3 Å². The molecule has 30 heavy (non-hydrogen) atoms. The number of carboxylic acids is 1. The fourth-order valence-corrected chi connectivity index (χ4v) is 6.04. The summed E-state index contributed by atoms with van der Waals surface area (Å²) in [7, 11) is 0. The van der Waals surface area contributed by atoms with E-state index >= 15 is 0 Å². The number of primary amides is 1. The molecule has 1 aromatic rings. The Morgan fingerprint density at radius 3 is 2.20 bits per heavy atom. The van der Waals surface area contributed by atoms with Crippen LogP contribution in [0.25, 0.3) is 0 Å². The summed E-state index contributed by atoms with van der Waals surface area (Å²) in [4.78, 5) is 38.2. The van der Waals surface area contributed by atoms with Crippen molar-refractivity contribution >= 4 is 34.1 Å². The molecule has 3 atom stereocenters. The van der Waals surface area contributed by atoms with E-state index in [2.05, 4.69) is 26.1 Å². The third-order valence-electron chi connectivity index (χ3n) is 6.89. The van der Waals surface area contributed by atoms with Crippen LogP contribution in [0.2, 0.25) is 0 Å². The summed E-state index contributed by atoms with van der Waals surface area (Å²) in [5.41, 5.74) is 9.30. The summed E-state index contributed by atoms with van der Waals surface area (Å²) in [6, 6.07) is 0. The second kappa shape index (κ2) is 8.17. The molecule has 0 saturated heterocycles. The molecule has 2 aliphatic carbocycles. The Morgan fingerprint density at radius 2 is 1.67 bits per heavy atom. The average Bonchev–Trinajstić information content (AvgIpc) is 2.99. The van der Waals surface area contributed by atoms with Crippen LogP contribution in [0.4, 0.5) is 5.00 Å². The van der Waals surface area contributed by atoms with Gasteiger partial charge in [-0.3, -0.25) is 14.4 Å². The van der Waals surface area contributed by atoms with Gasteiger partial charge in [-0.2, -0.15) is 0 Å². The second-order valence-corrected chi connectivity index (χ2v) is 11.0. The van der Waals surface area contributed by atoms with Gasteiger partial charge in [0.15, 0.2) is 0 Å². The van der Waals surface area contributed by atoms with Gasteiger partial charge in [-0.25, -0.2) is 0 Å². The molecule has 0 aromatic carbocycles. The zero-order chi connectivity index (χ0) is 22.4. The molecule has 0 saturated carbocycles. The Labute approximate surface area is 181 Å². The van der Waals surface area contributed by atoms with Crippen molar-refractivity contribution in [3.8, 4) is 0 Å². The Balaban J connectivity index is 1.90. The van der Waals surface area contributed by atoms with Crippen LogP contribution in [0.15, 0.2) is 11.1 Å². The lowest BCUT2D eigenvalue weighted by atomic mass is 9.72. The summed E-state index contributed by atoms with van der Waals surface area (Å²) in [5, 5.41) is 13.0. The van der Waals surface area contributed by atoms with E-state index in [1.807, 2.05) is 13.8 Å². The van der Waals surface area contributed by atoms with Crippen LogP contribution in [0.3, 0.4) is 0 Å². The van der Waals surface area contributed by atoms with Crippen molar-refractivity contribution in [1.29, 1.82) is 0 Å². The molecule has 3 rings (SSSR count). The number of carbonyl (C=O) groups is 3. The molecule has 7 heteroatoms. The lowest BCUT2D eigenvalue weighted by Gasteiger charge is -2.33. The Hall–Kier alpha value is -2.15. The van der Waals surface area contributed by atoms with Crippen LogP contribution in [-0.4, -0.2) is 22.9 Å². The molecule has 2 amide bonds. The van der Waals surface area contributed by atoms with Gasteiger partial charge >= 0.3 is 5.97 Å². The second-order valence-electron chi connectivity index (χ2n) is 9.89. The Bertz CT molecular complexity index is 922. The van der Waals surface area contributed by atoms with Crippen LogP contribution in [0.5, 0.6) is 0 Å². The zero-order valence-electron chi connectivity index (χ0n) is 18.4. The first-order valence-corrected chi connectivity index (χ1v) is 11.3. The van der Waals surface area contributed by atoms with Crippen LogP contribution >= 0.6 is 11.3 Å². The Kier molecular flexibility index (Phi) is 6.14. The molecule has 0 unspecified atom stereocenters. The van der Waals surface area contributed by atoms with Gasteiger partial charge in [-0.05, 0) is 62.8 Å². The summed E-state index contributed by atoms with van der Waals surface area (Å²) < 4.78 is 0. The molecular formula is C23H32N2O4S. The van der Waals surface area contributed by atoms with Crippen molar-refractivity contribution in [2.24, 2.45) is 28.9 Å². The maximum atomic E-state index is 13.1. The SMILES string of the molecule is CC1=C(C)C[C@@H](C(=O)Nc2sc3c(c2C(N)=O)CC[C@@H](C(C)(C)C)C3)[C@H](C(=O)O)C1. The number of carbonyl (C=O) groups excluding carboxylic acids is 2. The summed E-state index contributed by atoms with van der Waals surface area (Å²) >= 11 is 1.42. The van der Waals surface area contributed by atoms with Gasteiger partial charge in [-0.1, -0.05) is 31.9 Å². The van der Waals surface area contributed by atoms with Gasteiger partial charge in [-0.15, -0.1) is 11.3 Å². The molecule has 0 radical (unpaired) electrons. The number of aliphatic carboxylic acids is 1. The molecule has 6 nitrogen and oxygen atoms in total. The van der Waals surface area contributed by atoms with Crippen LogP contribution in [0.1, 0.15) is 74.7 Å². The predicted octanol–water partition coefficient (Wildman–Crippen LogP) is 4.38. The van der Waals surface area contributed by atoms with E-state index in [1.165, 1.54) is 11.3 Å². The van der Waals surface area contributed by atoms with Crippen LogP contribution in [-0.2, 0) is 22.4 Å². The highest BCUT2D eigenvalue weighted by Gasteiger charge is 2.39. The molecule has 2 aliphatic rings. The maximum absolute atomic E-state index is 13.1. The van der Waals surface area contributed by atoms with Gasteiger partial charge in [0, 0.05) is 4.88 Å². The van der Waals surface area contributed by atoms with Crippen molar-refractivity contribution in [3.05, 3.63) is 27.2 Å². The lowest BCUT2D eigenvalue weighted by molar-refractivity contribution is -0.146. The first-order valence-electron chi connectivity index (χ1n) is 10.5. The van der Waals surface area contributed by atoms with Crippen molar-refractivity contribution in [2.45, 2.75) is 66.7 Å². The van der Waals surface area contributed by atoms with Crippen molar-refractivity contribution in [3.63, 3.8) is 0 Å². The molecular weight excluding hydrogens is 400 g/mol. The Morgan fingerprint density at radius 1 is 1.07 bits per heavy atom. The monoisotopic (exact) mass is 432 g/mol. The minimum atomic E-state index is -0.962. The molecule has 1 aromatic heterocycles. The number of carboxylic acid groups (broad SMARTS) is 1. The number of hydrogen-bond donors (Lipinski definition) is 3. The number of fused-ring (bicyclic) bond motifs is 1. The highest BCUT2D eigenvalue weighted by Crippen LogP contribution is 2.44. The standard InChI is InChI=1S/C23H32N2O4S/c1-11-8-15(16(22(28)29)9-12(11)2)20(27)25-21-18(19(24)26)14-7-6-13(23(3,4)5)10-17(14)30-21/h13,15-16H,6-10H2,1-5H3,(H2,24,26)(H,25,27)(H,28,29)/t13-,15-,16-/m1/s1. The van der Waals surface area contributed by atoms with Gasteiger partial charge in [0.1, 0.15) is 5.00 Å². The molecule has 0 spiro atoms. The van der Waals surface area contributed by atoms with Crippen molar-refractivity contribution < 1.29 is 19.5 Å². The third-order valence-corrected chi connectivity index (χ3v) is 8.06. The number of hydrogen-bond acceptors (Lipinski definition) is 4. The van der Waals surface area contributed by atoms with E-state index in [-0.39, 0.29) is 11.3 Å². The number of nitrogens with one attached hydrogen (secondary N) is 1. The topological polar surface area (TPSA) is 109 Å². The van der Waals surface area contributed by atoms with Gasteiger partial charge in [0.25, 0.3) is 5.91 Å². The predicted molar refractivity (Wildman–Crippen MR) is 119 cm³/mol. The summed E-state index contributed by atoms with van der Waals surface area (Å²) in [5.74, 6) is -2.77. The summed E-state index contributed by atoms with van der Waals surface area (Å²) in [6.45, 7) is 10.5. The largest absolute Gasteiger partial charge is 0.481 e. The molecule has 164 valence electrons. The fraction of sp³-hybridized carbons (Fsp3) is 0.609. The molecule has 0 fully saturated rings. The van der Waals surface area contributed by atoms with Crippen LogP contribution in [0, 0.1) is 23.2 Å². The van der Waals surface area contributed by atoms with E-state index in [4.69, 9.17) is 5.73 Å². The van der Waals surface area contributed by atoms with Gasteiger partial charge < -0.3 is 16.2 Å². The zero-order valence-corrected chi connectivity index (χ0v) is 19.2. The van der Waals surface area contributed by atoms with E-state index in [0.717, 1.165) is 40.8 Å². The van der Waals surface area contributed by atoms with Crippen molar-refractivity contribution in [1.82, 2.24) is 0 Å². The third kappa shape index (κ3) is 4.31. The number of rotatable bonds is 4. The number of anilines is 1. The number of nitrogens with two attached hydrogens (primary N) is 1. The number of allylic oxidation sites excluding steroid dienone is 2. The maximum Gasteiger partial charge on any atom is 0.307 e. The molecule has 0 bridgehead atoms. The normalized spacial score (nSPS) is 24.4. The minimum absolute atomic E-state index is 0.163.